The van der Waals surface area contributed by atoms with Crippen LogP contribution < -0.4 is 10.5 Å². The molecule has 0 radical (unpaired) electrons. The number of methoxy groups -OCH3 is 1. The summed E-state index contributed by atoms with van der Waals surface area (Å²) < 4.78 is 16.4. The van der Waals surface area contributed by atoms with Crippen LogP contribution in [0.5, 0.6) is 5.75 Å². The number of carbonyl (C=O) groups is 1. The summed E-state index contributed by atoms with van der Waals surface area (Å²) in [5, 5.41) is 10.2. The molecule has 0 aliphatic carbocycles. The molecule has 1 saturated heterocycles. The normalized spacial score (nSPS) is 12.8. The number of likely N-dealkylation sites (tertiary alicyclic amines) is 1. The molecule has 214 valence electrons. The Hall–Kier alpha value is -3.65. The van der Waals surface area contributed by atoms with Crippen LogP contribution in [-0.2, 0) is 35.6 Å². The standard InChI is InChI=1S/C29H30N2O4.C2H6O.C2H6/c30-16-20-6-5-8-21(12-20)23-13-24(17-31-10-3-4-11-31)29-26(14-23)25(19-35-29)18-34-27-9-2-1-7-22(27)15-28(32)33;1-3-2;1-2/h1-2,5-9,12-14,19H,3-4,10-11,15-18,30H2,(H,32,33);1-2H3;1-2H3. The van der Waals surface area contributed by atoms with Gasteiger partial charge in [0.25, 0.3) is 0 Å². The molecular formula is C33H42N2O5. The second-order valence-corrected chi connectivity index (χ2v) is 9.54. The largest absolute Gasteiger partial charge is 0.488 e. The zero-order chi connectivity index (χ0) is 28.9. The average molecular weight is 547 g/mol. The topological polar surface area (TPSA) is 98.2 Å². The van der Waals surface area contributed by atoms with E-state index >= 15 is 0 Å². The number of aliphatic carboxylic acids is 1. The van der Waals surface area contributed by atoms with Gasteiger partial charge >= 0.3 is 5.97 Å². The highest BCUT2D eigenvalue weighted by atomic mass is 16.5. The van der Waals surface area contributed by atoms with E-state index in [9.17, 15) is 9.90 Å². The third-order valence-corrected chi connectivity index (χ3v) is 6.62. The van der Waals surface area contributed by atoms with Crippen LogP contribution in [0.1, 0.15) is 48.9 Å². The highest BCUT2D eigenvalue weighted by Crippen LogP contribution is 2.33. The van der Waals surface area contributed by atoms with Crippen molar-refractivity contribution in [2.24, 2.45) is 5.73 Å². The zero-order valence-electron chi connectivity index (χ0n) is 24.1. The molecule has 3 aromatic carbocycles. The summed E-state index contributed by atoms with van der Waals surface area (Å²) in [7, 11) is 3.25. The maximum Gasteiger partial charge on any atom is 0.307 e. The summed E-state index contributed by atoms with van der Waals surface area (Å²) in [4.78, 5) is 13.7. The fourth-order valence-electron chi connectivity index (χ4n) is 4.82. The smallest absolute Gasteiger partial charge is 0.307 e. The van der Waals surface area contributed by atoms with Gasteiger partial charge in [-0.2, -0.15) is 0 Å². The van der Waals surface area contributed by atoms with Crippen molar-refractivity contribution in [3.63, 3.8) is 0 Å². The van der Waals surface area contributed by atoms with Crippen LogP contribution in [0.15, 0.2) is 71.3 Å². The number of carboxylic acid groups (broad SMARTS) is 1. The molecule has 2 heterocycles. The molecule has 5 rings (SSSR count). The minimum atomic E-state index is -0.884. The second kappa shape index (κ2) is 15.8. The Labute approximate surface area is 237 Å². The van der Waals surface area contributed by atoms with Crippen molar-refractivity contribution in [3.05, 3.63) is 89.2 Å². The lowest BCUT2D eigenvalue weighted by Crippen LogP contribution is -2.18. The van der Waals surface area contributed by atoms with Crippen molar-refractivity contribution in [3.8, 4) is 16.9 Å². The first-order valence-corrected chi connectivity index (χ1v) is 13.9. The molecule has 0 amide bonds. The maximum atomic E-state index is 11.2. The number of rotatable bonds is 9. The molecule has 1 aliphatic rings. The first-order valence-electron chi connectivity index (χ1n) is 13.9. The van der Waals surface area contributed by atoms with Gasteiger partial charge in [0.2, 0.25) is 0 Å². The van der Waals surface area contributed by atoms with E-state index in [4.69, 9.17) is 14.9 Å². The number of para-hydroxylation sites is 1. The third kappa shape index (κ3) is 8.18. The van der Waals surface area contributed by atoms with E-state index in [1.807, 2.05) is 44.2 Å². The number of carboxylic acids is 1. The van der Waals surface area contributed by atoms with Gasteiger partial charge in [-0.1, -0.05) is 50.2 Å². The van der Waals surface area contributed by atoms with Gasteiger partial charge < -0.3 is 24.7 Å². The van der Waals surface area contributed by atoms with Crippen LogP contribution in [0.2, 0.25) is 0 Å². The van der Waals surface area contributed by atoms with Gasteiger partial charge in [0.15, 0.2) is 0 Å². The molecule has 0 bridgehead atoms. The minimum Gasteiger partial charge on any atom is -0.488 e. The first kappa shape index (κ1) is 30.9. The van der Waals surface area contributed by atoms with Crippen LogP contribution in [0, 0.1) is 0 Å². The molecule has 7 nitrogen and oxygen atoms in total. The summed E-state index contributed by atoms with van der Waals surface area (Å²) in [5.41, 5.74) is 12.9. The average Bonchev–Trinajstić information content (AvgIpc) is 3.64. The Morgan fingerprint density at radius 2 is 1.68 bits per heavy atom. The fourth-order valence-corrected chi connectivity index (χ4v) is 4.82. The summed E-state index contributed by atoms with van der Waals surface area (Å²) in [6.07, 6.45) is 4.14. The van der Waals surface area contributed by atoms with Gasteiger partial charge in [0.1, 0.15) is 17.9 Å². The molecule has 0 atom stereocenters. The Morgan fingerprint density at radius 1 is 0.950 bits per heavy atom. The van der Waals surface area contributed by atoms with E-state index in [-0.39, 0.29) is 6.42 Å². The maximum absolute atomic E-state index is 11.2. The molecule has 40 heavy (non-hydrogen) atoms. The monoisotopic (exact) mass is 546 g/mol. The van der Waals surface area contributed by atoms with Crippen LogP contribution in [0.3, 0.4) is 0 Å². The molecule has 0 saturated carbocycles. The SMILES string of the molecule is CC.COC.NCc1cccc(-c2cc(CN3CCCC3)c3occ(COc4ccccc4CC(=O)O)c3c2)c1. The van der Waals surface area contributed by atoms with Crippen molar-refractivity contribution in [2.75, 3.05) is 27.3 Å². The lowest BCUT2D eigenvalue weighted by Gasteiger charge is -2.16. The number of furan rings is 1. The van der Waals surface area contributed by atoms with Gasteiger partial charge in [-0.15, -0.1) is 0 Å². The van der Waals surface area contributed by atoms with E-state index in [1.54, 1.807) is 26.5 Å². The molecule has 3 N–H and O–H groups in total. The Kier molecular flexibility index (Phi) is 12.2. The highest BCUT2D eigenvalue weighted by molar-refractivity contribution is 5.89. The number of hydrogen-bond donors (Lipinski definition) is 2. The van der Waals surface area contributed by atoms with Crippen molar-refractivity contribution >= 4 is 16.9 Å². The fraction of sp³-hybridized carbons (Fsp3) is 0.364. The molecule has 1 fully saturated rings. The highest BCUT2D eigenvalue weighted by Gasteiger charge is 2.19. The third-order valence-electron chi connectivity index (χ3n) is 6.62. The summed E-state index contributed by atoms with van der Waals surface area (Å²) >= 11 is 0. The summed E-state index contributed by atoms with van der Waals surface area (Å²) in [5.74, 6) is -0.306. The van der Waals surface area contributed by atoms with E-state index < -0.39 is 5.97 Å². The molecule has 1 aromatic heterocycles. The van der Waals surface area contributed by atoms with Gasteiger partial charge in [-0.3, -0.25) is 9.69 Å². The van der Waals surface area contributed by atoms with Crippen molar-refractivity contribution in [1.82, 2.24) is 4.90 Å². The summed E-state index contributed by atoms with van der Waals surface area (Å²) in [6, 6.07) is 20.0. The predicted molar refractivity (Wildman–Crippen MR) is 160 cm³/mol. The van der Waals surface area contributed by atoms with Gasteiger partial charge in [-0.25, -0.2) is 0 Å². The van der Waals surface area contributed by atoms with Crippen molar-refractivity contribution in [1.29, 1.82) is 0 Å². The molecule has 0 unspecified atom stereocenters. The zero-order valence-corrected chi connectivity index (χ0v) is 24.1. The minimum absolute atomic E-state index is 0.0794. The van der Waals surface area contributed by atoms with Crippen LogP contribution in [-0.4, -0.2) is 43.3 Å². The lowest BCUT2D eigenvalue weighted by atomic mass is 9.97. The van der Waals surface area contributed by atoms with E-state index in [0.717, 1.165) is 58.4 Å². The van der Waals surface area contributed by atoms with Crippen LogP contribution in [0.4, 0.5) is 0 Å². The number of fused-ring (bicyclic) bond motifs is 1. The Balaban J connectivity index is 0.000000827. The molecule has 1 aliphatic heterocycles. The number of ether oxygens (including phenoxy) is 2. The quantitative estimate of drug-likeness (QED) is 0.243. The molecule has 0 spiro atoms. The molecule has 7 heteroatoms. The van der Waals surface area contributed by atoms with E-state index in [0.29, 0.717) is 24.5 Å². The van der Waals surface area contributed by atoms with Crippen LogP contribution in [0.25, 0.3) is 22.1 Å². The second-order valence-electron chi connectivity index (χ2n) is 9.54. The Morgan fingerprint density at radius 3 is 2.38 bits per heavy atom. The number of nitrogens with two attached hydrogens (primary N) is 1. The van der Waals surface area contributed by atoms with Crippen molar-refractivity contribution in [2.45, 2.75) is 52.8 Å². The first-order chi connectivity index (χ1) is 19.5. The van der Waals surface area contributed by atoms with Gasteiger partial charge in [0.05, 0.1) is 12.7 Å². The number of hydrogen-bond acceptors (Lipinski definition) is 6. The summed E-state index contributed by atoms with van der Waals surface area (Å²) in [6.45, 7) is 7.84. The Bertz CT molecular complexity index is 1360. The van der Waals surface area contributed by atoms with Crippen LogP contribution >= 0.6 is 0 Å². The molecule has 4 aromatic rings. The number of benzene rings is 3. The number of nitrogens with zero attached hydrogens (tertiary/aromatic N) is 1. The lowest BCUT2D eigenvalue weighted by molar-refractivity contribution is -0.136. The predicted octanol–water partition coefficient (Wildman–Crippen LogP) is 6.65. The van der Waals surface area contributed by atoms with Gasteiger partial charge in [-0.05, 0) is 66.9 Å². The molecular weight excluding hydrogens is 504 g/mol. The van der Waals surface area contributed by atoms with E-state index in [2.05, 4.69) is 33.9 Å². The van der Waals surface area contributed by atoms with Crippen molar-refractivity contribution < 1.29 is 23.8 Å². The van der Waals surface area contributed by atoms with E-state index in [1.165, 1.54) is 12.8 Å². The van der Waals surface area contributed by atoms with Gasteiger partial charge in [0, 0.05) is 49.4 Å².